The van der Waals surface area contributed by atoms with Gasteiger partial charge in [0.2, 0.25) is 0 Å². The van der Waals surface area contributed by atoms with E-state index in [0.717, 1.165) is 12.0 Å². The summed E-state index contributed by atoms with van der Waals surface area (Å²) in [4.78, 5) is 0. The van der Waals surface area contributed by atoms with Gasteiger partial charge in [-0.1, -0.05) is 50.2 Å². The van der Waals surface area contributed by atoms with Crippen LogP contribution in [0.4, 0.5) is 4.39 Å². The van der Waals surface area contributed by atoms with Crippen molar-refractivity contribution in [3.8, 4) is 0 Å². The van der Waals surface area contributed by atoms with Gasteiger partial charge in [-0.3, -0.25) is 0 Å². The van der Waals surface area contributed by atoms with Crippen LogP contribution in [-0.2, 0) is 6.42 Å². The lowest BCUT2D eigenvalue weighted by Gasteiger charge is -2.31. The quantitative estimate of drug-likeness (QED) is 0.853. The molecule has 0 radical (unpaired) electrons. The van der Waals surface area contributed by atoms with E-state index in [-0.39, 0.29) is 17.3 Å². The van der Waals surface area contributed by atoms with E-state index < -0.39 is 0 Å². The molecule has 0 fully saturated rings. The van der Waals surface area contributed by atoms with Crippen molar-refractivity contribution >= 4 is 0 Å². The predicted octanol–water partition coefficient (Wildman–Crippen LogP) is 4.80. The summed E-state index contributed by atoms with van der Waals surface area (Å²) in [5.41, 5.74) is 3.97. The maximum Gasteiger partial charge on any atom is 0.123 e. The summed E-state index contributed by atoms with van der Waals surface area (Å²) in [5.74, 6) is -0.174. The smallest absolute Gasteiger partial charge is 0.123 e. The molecule has 0 amide bonds. The molecule has 0 aliphatic heterocycles. The van der Waals surface area contributed by atoms with Gasteiger partial charge in [0.15, 0.2) is 0 Å². The van der Waals surface area contributed by atoms with Crippen molar-refractivity contribution in [2.45, 2.75) is 39.3 Å². The second kappa shape index (κ2) is 5.27. The van der Waals surface area contributed by atoms with Crippen LogP contribution in [0.3, 0.4) is 0 Å². The van der Waals surface area contributed by atoms with Gasteiger partial charge in [0.25, 0.3) is 0 Å². The summed E-state index contributed by atoms with van der Waals surface area (Å²) in [5, 5.41) is 3.70. The zero-order chi connectivity index (χ0) is 15.0. The Morgan fingerprint density at radius 3 is 2.67 bits per heavy atom. The summed E-state index contributed by atoms with van der Waals surface area (Å²) in [7, 11) is 0. The maximum atomic E-state index is 13.4. The molecule has 2 aromatic carbocycles. The minimum Gasteiger partial charge on any atom is -0.303 e. The SMILES string of the molecule is C[C@@H](NC1c2ccccc2CC1(C)C)c1cccc(F)c1. The van der Waals surface area contributed by atoms with Crippen molar-refractivity contribution in [1.82, 2.24) is 5.32 Å². The van der Waals surface area contributed by atoms with E-state index >= 15 is 0 Å². The number of halogens is 1. The van der Waals surface area contributed by atoms with Crippen LogP contribution in [0.25, 0.3) is 0 Å². The molecule has 21 heavy (non-hydrogen) atoms. The summed E-state index contributed by atoms with van der Waals surface area (Å²) in [6, 6.07) is 15.9. The van der Waals surface area contributed by atoms with Crippen LogP contribution in [0, 0.1) is 11.2 Å². The molecule has 2 aromatic rings. The molecular weight excluding hydrogens is 261 g/mol. The molecule has 3 rings (SSSR count). The topological polar surface area (TPSA) is 12.0 Å². The van der Waals surface area contributed by atoms with Crippen molar-refractivity contribution < 1.29 is 4.39 Å². The van der Waals surface area contributed by atoms with Crippen LogP contribution in [0.5, 0.6) is 0 Å². The van der Waals surface area contributed by atoms with E-state index in [4.69, 9.17) is 0 Å². The molecule has 0 aromatic heterocycles. The Bertz CT molecular complexity index is 648. The van der Waals surface area contributed by atoms with Gasteiger partial charge in [0.05, 0.1) is 0 Å². The zero-order valence-corrected chi connectivity index (χ0v) is 12.9. The number of rotatable bonds is 3. The van der Waals surface area contributed by atoms with Gasteiger partial charge in [0, 0.05) is 12.1 Å². The van der Waals surface area contributed by atoms with E-state index in [9.17, 15) is 4.39 Å². The lowest BCUT2D eigenvalue weighted by atomic mass is 9.84. The standard InChI is InChI=1S/C19H22FN/c1-13(14-8-6-9-16(20)11-14)21-18-17-10-5-4-7-15(17)12-19(18,2)3/h4-11,13,18,21H,12H2,1-3H3/t13-,18?/m1/s1. The highest BCUT2D eigenvalue weighted by molar-refractivity contribution is 5.38. The Kier molecular flexibility index (Phi) is 3.58. The molecule has 0 heterocycles. The van der Waals surface area contributed by atoms with E-state index in [1.54, 1.807) is 12.1 Å². The molecule has 1 nitrogen and oxygen atoms in total. The van der Waals surface area contributed by atoms with Crippen molar-refractivity contribution in [2.24, 2.45) is 5.41 Å². The Labute approximate surface area is 126 Å². The largest absolute Gasteiger partial charge is 0.303 e. The molecule has 1 aliphatic rings. The number of fused-ring (bicyclic) bond motifs is 1. The van der Waals surface area contributed by atoms with Gasteiger partial charge in [-0.2, -0.15) is 0 Å². The molecule has 0 saturated carbocycles. The summed E-state index contributed by atoms with van der Waals surface area (Å²) >= 11 is 0. The average Bonchev–Trinajstić information content (AvgIpc) is 2.69. The third-order valence-corrected chi connectivity index (χ3v) is 4.56. The molecule has 0 saturated heterocycles. The van der Waals surface area contributed by atoms with Gasteiger partial charge in [-0.15, -0.1) is 0 Å². The monoisotopic (exact) mass is 283 g/mol. The van der Waals surface area contributed by atoms with Gasteiger partial charge < -0.3 is 5.32 Å². The summed E-state index contributed by atoms with van der Waals surface area (Å²) in [6.07, 6.45) is 1.08. The highest BCUT2D eigenvalue weighted by Gasteiger charge is 2.39. The fourth-order valence-electron chi connectivity index (χ4n) is 3.43. The predicted molar refractivity (Wildman–Crippen MR) is 84.6 cm³/mol. The molecule has 0 spiro atoms. The fourth-order valence-corrected chi connectivity index (χ4v) is 3.43. The maximum absolute atomic E-state index is 13.4. The van der Waals surface area contributed by atoms with E-state index in [2.05, 4.69) is 50.4 Å². The van der Waals surface area contributed by atoms with Gasteiger partial charge in [0.1, 0.15) is 5.82 Å². The van der Waals surface area contributed by atoms with Gasteiger partial charge in [-0.05, 0) is 47.6 Å². The molecule has 1 aliphatic carbocycles. The van der Waals surface area contributed by atoms with Crippen LogP contribution in [0.2, 0.25) is 0 Å². The highest BCUT2D eigenvalue weighted by Crippen LogP contribution is 2.45. The first-order valence-electron chi connectivity index (χ1n) is 7.57. The number of hydrogen-bond acceptors (Lipinski definition) is 1. The Hall–Kier alpha value is -1.67. The van der Waals surface area contributed by atoms with E-state index in [1.807, 2.05) is 6.07 Å². The average molecular weight is 283 g/mol. The molecule has 1 unspecified atom stereocenters. The molecular formula is C19H22FN. The van der Waals surface area contributed by atoms with Crippen LogP contribution in [-0.4, -0.2) is 0 Å². The van der Waals surface area contributed by atoms with Crippen molar-refractivity contribution in [1.29, 1.82) is 0 Å². The minimum absolute atomic E-state index is 0.121. The first-order chi connectivity index (χ1) is 9.97. The third-order valence-electron chi connectivity index (χ3n) is 4.56. The normalized spacial score (nSPS) is 21.0. The first kappa shape index (κ1) is 14.3. The lowest BCUT2D eigenvalue weighted by Crippen LogP contribution is -2.33. The van der Waals surface area contributed by atoms with Crippen molar-refractivity contribution in [3.05, 3.63) is 71.0 Å². The summed E-state index contributed by atoms with van der Waals surface area (Å²) < 4.78 is 13.4. The van der Waals surface area contributed by atoms with E-state index in [1.165, 1.54) is 17.2 Å². The molecule has 0 bridgehead atoms. The number of benzene rings is 2. The number of nitrogens with one attached hydrogen (secondary N) is 1. The van der Waals surface area contributed by atoms with Gasteiger partial charge in [-0.25, -0.2) is 4.39 Å². The Morgan fingerprint density at radius 1 is 1.14 bits per heavy atom. The first-order valence-corrected chi connectivity index (χ1v) is 7.57. The van der Waals surface area contributed by atoms with Crippen LogP contribution in [0.1, 0.15) is 49.5 Å². The highest BCUT2D eigenvalue weighted by atomic mass is 19.1. The van der Waals surface area contributed by atoms with Gasteiger partial charge >= 0.3 is 0 Å². The fraction of sp³-hybridized carbons (Fsp3) is 0.368. The molecule has 1 N–H and O–H groups in total. The summed E-state index contributed by atoms with van der Waals surface area (Å²) in [6.45, 7) is 6.69. The van der Waals surface area contributed by atoms with Crippen LogP contribution in [0.15, 0.2) is 48.5 Å². The second-order valence-electron chi connectivity index (χ2n) is 6.74. The lowest BCUT2D eigenvalue weighted by molar-refractivity contribution is 0.252. The van der Waals surface area contributed by atoms with Crippen LogP contribution >= 0.6 is 0 Å². The molecule has 2 heteroatoms. The molecule has 2 atom stereocenters. The van der Waals surface area contributed by atoms with Crippen LogP contribution < -0.4 is 5.32 Å². The molecule has 110 valence electrons. The third kappa shape index (κ3) is 2.73. The number of hydrogen-bond donors (Lipinski definition) is 1. The second-order valence-corrected chi connectivity index (χ2v) is 6.74. The zero-order valence-electron chi connectivity index (χ0n) is 12.9. The Morgan fingerprint density at radius 2 is 1.90 bits per heavy atom. The Balaban J connectivity index is 1.87. The van der Waals surface area contributed by atoms with Crippen molar-refractivity contribution in [3.63, 3.8) is 0 Å². The minimum atomic E-state index is -0.174. The van der Waals surface area contributed by atoms with Crippen molar-refractivity contribution in [2.75, 3.05) is 0 Å². The van der Waals surface area contributed by atoms with E-state index in [0.29, 0.717) is 6.04 Å².